The summed E-state index contributed by atoms with van der Waals surface area (Å²) in [7, 11) is 0. The van der Waals surface area contributed by atoms with Gasteiger partial charge in [-0.25, -0.2) is 0 Å². The molecule has 2 heteroatoms. The molecule has 1 rings (SSSR count). The van der Waals surface area contributed by atoms with Crippen molar-refractivity contribution in [3.05, 3.63) is 0 Å². The van der Waals surface area contributed by atoms with Crippen LogP contribution in [0.5, 0.6) is 0 Å². The zero-order valence-electron chi connectivity index (χ0n) is 13.5. The molecule has 0 saturated carbocycles. The van der Waals surface area contributed by atoms with E-state index in [4.69, 9.17) is 0 Å². The predicted molar refractivity (Wildman–Crippen MR) is 83.5 cm³/mol. The minimum atomic E-state index is -0.137. The van der Waals surface area contributed by atoms with Crippen LogP contribution < -0.4 is 0 Å². The van der Waals surface area contributed by atoms with Crippen LogP contribution in [0.15, 0.2) is 0 Å². The first-order chi connectivity index (χ1) is 9.21. The van der Waals surface area contributed by atoms with Gasteiger partial charge in [0.05, 0.1) is 6.10 Å². The number of aliphatic hydroxyl groups excluding tert-OH is 1. The van der Waals surface area contributed by atoms with Gasteiger partial charge in [0.25, 0.3) is 0 Å². The molecule has 0 radical (unpaired) electrons. The van der Waals surface area contributed by atoms with Crippen LogP contribution in [0.2, 0.25) is 0 Å². The molecule has 1 saturated heterocycles. The molecule has 1 N–H and O–H groups in total. The van der Waals surface area contributed by atoms with Gasteiger partial charge in [-0.3, -0.25) is 4.90 Å². The fourth-order valence-electron chi connectivity index (χ4n) is 3.75. The minimum absolute atomic E-state index is 0.0568. The summed E-state index contributed by atoms with van der Waals surface area (Å²) in [5.41, 5.74) is 0.0568. The Kier molecular flexibility index (Phi) is 8.01. The van der Waals surface area contributed by atoms with Gasteiger partial charge in [0.2, 0.25) is 0 Å². The Morgan fingerprint density at radius 3 is 2.05 bits per heavy atom. The maximum absolute atomic E-state index is 10.7. The minimum Gasteiger partial charge on any atom is -0.391 e. The summed E-state index contributed by atoms with van der Waals surface area (Å²) in [6.07, 6.45) is 12.1. The van der Waals surface area contributed by atoms with Gasteiger partial charge in [-0.2, -0.15) is 0 Å². The first-order valence-corrected chi connectivity index (χ1v) is 8.64. The molecule has 1 aliphatic heterocycles. The molecule has 0 spiro atoms. The monoisotopic (exact) mass is 269 g/mol. The molecule has 1 heterocycles. The highest BCUT2D eigenvalue weighted by Gasteiger charge is 2.40. The van der Waals surface area contributed by atoms with Crippen molar-refractivity contribution in [2.24, 2.45) is 0 Å². The molecule has 0 aliphatic carbocycles. The topological polar surface area (TPSA) is 23.5 Å². The molecule has 0 aromatic rings. The fourth-order valence-corrected chi connectivity index (χ4v) is 3.75. The SMILES string of the molecule is CCCCCCCC(O)C(CC)(CC)N1CCCC1. The van der Waals surface area contributed by atoms with Gasteiger partial charge in [0.1, 0.15) is 0 Å². The second kappa shape index (κ2) is 8.97. The highest BCUT2D eigenvalue weighted by molar-refractivity contribution is 4.96. The Bertz CT molecular complexity index is 219. The second-order valence-electron chi connectivity index (χ2n) is 6.22. The van der Waals surface area contributed by atoms with Crippen LogP contribution in [-0.4, -0.2) is 34.7 Å². The summed E-state index contributed by atoms with van der Waals surface area (Å²) in [4.78, 5) is 2.57. The number of nitrogens with zero attached hydrogens (tertiary/aromatic N) is 1. The molecule has 0 aromatic heterocycles. The van der Waals surface area contributed by atoms with E-state index in [1.165, 1.54) is 58.0 Å². The Balaban J connectivity index is 2.45. The van der Waals surface area contributed by atoms with E-state index in [0.717, 1.165) is 19.3 Å². The van der Waals surface area contributed by atoms with Crippen LogP contribution in [0.3, 0.4) is 0 Å². The van der Waals surface area contributed by atoms with E-state index in [0.29, 0.717) is 0 Å². The summed E-state index contributed by atoms with van der Waals surface area (Å²) in [5, 5.41) is 10.7. The Morgan fingerprint density at radius 2 is 1.53 bits per heavy atom. The Labute approximate surface area is 120 Å². The van der Waals surface area contributed by atoms with Gasteiger partial charge < -0.3 is 5.11 Å². The molecule has 114 valence electrons. The molecule has 1 unspecified atom stereocenters. The van der Waals surface area contributed by atoms with E-state index in [2.05, 4.69) is 25.7 Å². The van der Waals surface area contributed by atoms with E-state index in [1.54, 1.807) is 0 Å². The van der Waals surface area contributed by atoms with Gasteiger partial charge in [-0.05, 0) is 45.2 Å². The van der Waals surface area contributed by atoms with Gasteiger partial charge in [0, 0.05) is 5.54 Å². The summed E-state index contributed by atoms with van der Waals surface area (Å²) in [6.45, 7) is 9.13. The average molecular weight is 269 g/mol. The zero-order chi connectivity index (χ0) is 14.1. The maximum Gasteiger partial charge on any atom is 0.0723 e. The lowest BCUT2D eigenvalue weighted by Crippen LogP contribution is -2.55. The number of aliphatic hydroxyl groups is 1. The molecule has 19 heavy (non-hydrogen) atoms. The molecule has 1 aliphatic rings. The van der Waals surface area contributed by atoms with E-state index in [9.17, 15) is 5.11 Å². The van der Waals surface area contributed by atoms with E-state index < -0.39 is 0 Å². The van der Waals surface area contributed by atoms with Crippen molar-refractivity contribution in [3.63, 3.8) is 0 Å². The molecule has 2 nitrogen and oxygen atoms in total. The van der Waals surface area contributed by atoms with Crippen molar-refractivity contribution in [2.75, 3.05) is 13.1 Å². The summed E-state index contributed by atoms with van der Waals surface area (Å²) in [5.74, 6) is 0. The smallest absolute Gasteiger partial charge is 0.0723 e. The lowest BCUT2D eigenvalue weighted by Gasteiger charge is -2.44. The molecule has 1 fully saturated rings. The van der Waals surface area contributed by atoms with Gasteiger partial charge in [-0.1, -0.05) is 52.9 Å². The third-order valence-electron chi connectivity index (χ3n) is 5.16. The van der Waals surface area contributed by atoms with Crippen LogP contribution in [0.4, 0.5) is 0 Å². The van der Waals surface area contributed by atoms with Gasteiger partial charge in [-0.15, -0.1) is 0 Å². The van der Waals surface area contributed by atoms with Crippen LogP contribution in [0.1, 0.15) is 85.0 Å². The zero-order valence-corrected chi connectivity index (χ0v) is 13.5. The van der Waals surface area contributed by atoms with Crippen LogP contribution >= 0.6 is 0 Å². The fraction of sp³-hybridized carbons (Fsp3) is 1.00. The van der Waals surface area contributed by atoms with Crippen molar-refractivity contribution < 1.29 is 5.11 Å². The highest BCUT2D eigenvalue weighted by Crippen LogP contribution is 2.33. The maximum atomic E-state index is 10.7. The third-order valence-corrected chi connectivity index (χ3v) is 5.16. The van der Waals surface area contributed by atoms with Crippen molar-refractivity contribution >= 4 is 0 Å². The number of likely N-dealkylation sites (tertiary alicyclic amines) is 1. The highest BCUT2D eigenvalue weighted by atomic mass is 16.3. The predicted octanol–water partition coefficient (Wildman–Crippen LogP) is 4.36. The Hall–Kier alpha value is -0.0800. The molecular formula is C17H35NO. The van der Waals surface area contributed by atoms with Crippen molar-refractivity contribution in [1.29, 1.82) is 0 Å². The lowest BCUT2D eigenvalue weighted by molar-refractivity contribution is -0.0326. The number of unbranched alkanes of at least 4 members (excludes halogenated alkanes) is 4. The van der Waals surface area contributed by atoms with E-state index in [1.807, 2.05) is 0 Å². The van der Waals surface area contributed by atoms with Crippen LogP contribution in [-0.2, 0) is 0 Å². The first kappa shape index (κ1) is 17.0. The third kappa shape index (κ3) is 4.46. The Morgan fingerprint density at radius 1 is 0.947 bits per heavy atom. The van der Waals surface area contributed by atoms with E-state index in [-0.39, 0.29) is 11.6 Å². The van der Waals surface area contributed by atoms with Crippen molar-refractivity contribution in [3.8, 4) is 0 Å². The summed E-state index contributed by atoms with van der Waals surface area (Å²) in [6, 6.07) is 0. The van der Waals surface area contributed by atoms with Crippen LogP contribution in [0, 0.1) is 0 Å². The standard InChI is InChI=1S/C17H35NO/c1-4-7-8-9-10-13-16(19)17(5-2,6-3)18-14-11-12-15-18/h16,19H,4-15H2,1-3H3. The summed E-state index contributed by atoms with van der Waals surface area (Å²) >= 11 is 0. The number of rotatable bonds is 10. The number of hydrogen-bond donors (Lipinski definition) is 1. The number of hydrogen-bond acceptors (Lipinski definition) is 2. The first-order valence-electron chi connectivity index (χ1n) is 8.64. The normalized spacial score (nSPS) is 18.9. The lowest BCUT2D eigenvalue weighted by atomic mass is 9.82. The molecule has 0 amide bonds. The average Bonchev–Trinajstić information content (AvgIpc) is 2.95. The molecule has 0 bridgehead atoms. The van der Waals surface area contributed by atoms with Gasteiger partial charge in [0.15, 0.2) is 0 Å². The molecule has 1 atom stereocenters. The largest absolute Gasteiger partial charge is 0.391 e. The molecule has 0 aromatic carbocycles. The van der Waals surface area contributed by atoms with Crippen molar-refractivity contribution in [2.45, 2.75) is 96.6 Å². The molecular weight excluding hydrogens is 234 g/mol. The van der Waals surface area contributed by atoms with E-state index >= 15 is 0 Å². The summed E-state index contributed by atoms with van der Waals surface area (Å²) < 4.78 is 0. The second-order valence-corrected chi connectivity index (χ2v) is 6.22. The van der Waals surface area contributed by atoms with Crippen molar-refractivity contribution in [1.82, 2.24) is 4.90 Å². The van der Waals surface area contributed by atoms with Gasteiger partial charge >= 0.3 is 0 Å². The van der Waals surface area contributed by atoms with Crippen LogP contribution in [0.25, 0.3) is 0 Å². The quantitative estimate of drug-likeness (QED) is 0.596.